The van der Waals surface area contributed by atoms with Crippen molar-refractivity contribution in [1.82, 2.24) is 0 Å². The molecule has 2 aromatic carbocycles. The highest BCUT2D eigenvalue weighted by molar-refractivity contribution is 7.86. The summed E-state index contributed by atoms with van der Waals surface area (Å²) in [4.78, 5) is 10.6. The van der Waals surface area contributed by atoms with Gasteiger partial charge in [-0.2, -0.15) is 8.42 Å². The summed E-state index contributed by atoms with van der Waals surface area (Å²) < 4.78 is 31.6. The van der Waals surface area contributed by atoms with E-state index in [2.05, 4.69) is 0 Å². The molecule has 5 nitrogen and oxygen atoms in total. The second-order valence-electron chi connectivity index (χ2n) is 3.55. The van der Waals surface area contributed by atoms with Gasteiger partial charge in [-0.3, -0.25) is 4.55 Å². The number of rotatable bonds is 2. The second kappa shape index (κ2) is 4.24. The van der Waals surface area contributed by atoms with Crippen molar-refractivity contribution < 1.29 is 22.9 Å². The first-order chi connectivity index (χ1) is 8.32. The monoisotopic (exact) mass is 286 g/mol. The third-order valence-electron chi connectivity index (χ3n) is 2.46. The van der Waals surface area contributed by atoms with Crippen LogP contribution in [-0.2, 0) is 10.1 Å². The van der Waals surface area contributed by atoms with E-state index in [0.29, 0.717) is 0 Å². The lowest BCUT2D eigenvalue weighted by atomic mass is 10.0. The minimum Gasteiger partial charge on any atom is -0.478 e. The van der Waals surface area contributed by atoms with Gasteiger partial charge in [0.1, 0.15) is 4.90 Å². The van der Waals surface area contributed by atoms with Gasteiger partial charge in [0.25, 0.3) is 10.1 Å². The number of carbonyl (C=O) groups is 1. The van der Waals surface area contributed by atoms with Crippen LogP contribution in [0.2, 0.25) is 5.02 Å². The Morgan fingerprint density at radius 1 is 1.17 bits per heavy atom. The highest BCUT2D eigenvalue weighted by atomic mass is 35.5. The molecule has 2 aromatic rings. The topological polar surface area (TPSA) is 91.7 Å². The van der Waals surface area contributed by atoms with E-state index in [9.17, 15) is 13.2 Å². The van der Waals surface area contributed by atoms with Crippen LogP contribution in [0.25, 0.3) is 10.8 Å². The summed E-state index contributed by atoms with van der Waals surface area (Å²) in [6, 6.07) is 6.49. The van der Waals surface area contributed by atoms with Gasteiger partial charge in [-0.15, -0.1) is 0 Å². The Morgan fingerprint density at radius 3 is 2.39 bits per heavy atom. The fraction of sp³-hybridized carbons (Fsp3) is 0. The first-order valence-corrected chi connectivity index (χ1v) is 6.56. The van der Waals surface area contributed by atoms with Gasteiger partial charge in [-0.25, -0.2) is 4.79 Å². The molecule has 94 valence electrons. The first-order valence-electron chi connectivity index (χ1n) is 4.74. The Kier molecular flexibility index (Phi) is 3.02. The van der Waals surface area contributed by atoms with Crippen LogP contribution in [0.4, 0.5) is 0 Å². The molecule has 0 aliphatic carbocycles. The van der Waals surface area contributed by atoms with Crippen LogP contribution in [-0.4, -0.2) is 24.0 Å². The number of aromatic carboxylic acids is 1. The summed E-state index contributed by atoms with van der Waals surface area (Å²) in [5.74, 6) is -1.20. The van der Waals surface area contributed by atoms with E-state index in [1.165, 1.54) is 24.3 Å². The summed E-state index contributed by atoms with van der Waals surface area (Å²) in [5.41, 5.74) is -0.0834. The molecule has 0 fully saturated rings. The molecule has 18 heavy (non-hydrogen) atoms. The zero-order chi connectivity index (χ0) is 13.5. The lowest BCUT2D eigenvalue weighted by Crippen LogP contribution is -2.02. The highest BCUT2D eigenvalue weighted by Gasteiger charge is 2.19. The van der Waals surface area contributed by atoms with Crippen LogP contribution in [0.15, 0.2) is 35.2 Å². The summed E-state index contributed by atoms with van der Waals surface area (Å²) in [6.07, 6.45) is 0. The van der Waals surface area contributed by atoms with E-state index in [1.807, 2.05) is 0 Å². The van der Waals surface area contributed by atoms with Gasteiger partial charge in [-0.1, -0.05) is 23.7 Å². The number of halogens is 1. The third kappa shape index (κ3) is 2.05. The van der Waals surface area contributed by atoms with Crippen molar-refractivity contribution in [3.05, 3.63) is 40.9 Å². The molecule has 0 heterocycles. The first kappa shape index (κ1) is 12.8. The van der Waals surface area contributed by atoms with E-state index in [4.69, 9.17) is 21.3 Å². The van der Waals surface area contributed by atoms with E-state index < -0.39 is 21.0 Å². The van der Waals surface area contributed by atoms with Crippen LogP contribution in [0.5, 0.6) is 0 Å². The Morgan fingerprint density at radius 2 is 1.83 bits per heavy atom. The van der Waals surface area contributed by atoms with Crippen molar-refractivity contribution in [1.29, 1.82) is 0 Å². The zero-order valence-corrected chi connectivity index (χ0v) is 10.4. The molecule has 0 saturated heterocycles. The van der Waals surface area contributed by atoms with Crippen molar-refractivity contribution in [3.63, 3.8) is 0 Å². The standard InChI is InChI=1S/C11H7ClO5S/c12-8-5-4-7(11(13)14)6-2-1-3-9(10(6)8)18(15,16)17/h1-5H,(H,13,14)(H,15,16,17). The summed E-state index contributed by atoms with van der Waals surface area (Å²) in [6.45, 7) is 0. The average Bonchev–Trinajstić information content (AvgIpc) is 2.27. The smallest absolute Gasteiger partial charge is 0.336 e. The molecule has 0 bridgehead atoms. The lowest BCUT2D eigenvalue weighted by molar-refractivity contribution is 0.0699. The van der Waals surface area contributed by atoms with E-state index in [1.54, 1.807) is 0 Å². The number of fused-ring (bicyclic) bond motifs is 1. The number of carboxylic acid groups (broad SMARTS) is 1. The number of benzene rings is 2. The molecule has 0 amide bonds. The van der Waals surface area contributed by atoms with Crippen molar-refractivity contribution in [2.24, 2.45) is 0 Å². The van der Waals surface area contributed by atoms with Crippen LogP contribution in [0.3, 0.4) is 0 Å². The van der Waals surface area contributed by atoms with Crippen LogP contribution >= 0.6 is 11.6 Å². The fourth-order valence-corrected chi connectivity index (χ4v) is 2.78. The van der Waals surface area contributed by atoms with Crippen LogP contribution in [0, 0.1) is 0 Å². The van der Waals surface area contributed by atoms with Crippen molar-refractivity contribution in [2.45, 2.75) is 4.90 Å². The molecule has 0 aliphatic rings. The van der Waals surface area contributed by atoms with Gasteiger partial charge in [0.05, 0.1) is 5.56 Å². The molecule has 7 heteroatoms. The van der Waals surface area contributed by atoms with Gasteiger partial charge in [0, 0.05) is 10.4 Å². The van der Waals surface area contributed by atoms with Crippen LogP contribution in [0.1, 0.15) is 10.4 Å². The van der Waals surface area contributed by atoms with E-state index >= 15 is 0 Å². The van der Waals surface area contributed by atoms with Crippen molar-refractivity contribution in [2.75, 3.05) is 0 Å². The molecule has 0 spiro atoms. The SMILES string of the molecule is O=C(O)c1ccc(Cl)c2c(S(=O)(=O)O)cccc12. The van der Waals surface area contributed by atoms with E-state index in [0.717, 1.165) is 6.07 Å². The highest BCUT2D eigenvalue weighted by Crippen LogP contribution is 2.32. The zero-order valence-electron chi connectivity index (χ0n) is 8.79. The van der Waals surface area contributed by atoms with Gasteiger partial charge < -0.3 is 5.11 Å². The maximum Gasteiger partial charge on any atom is 0.336 e. The summed E-state index contributed by atoms with van der Waals surface area (Å²) in [7, 11) is -4.47. The summed E-state index contributed by atoms with van der Waals surface area (Å²) in [5, 5.41) is 9.23. The Bertz CT molecular complexity index is 751. The predicted molar refractivity (Wildman–Crippen MR) is 65.7 cm³/mol. The molecular weight excluding hydrogens is 280 g/mol. The number of hydrogen-bond acceptors (Lipinski definition) is 3. The Balaban J connectivity index is 3.03. The maximum absolute atomic E-state index is 11.2. The number of hydrogen-bond donors (Lipinski definition) is 2. The molecule has 0 unspecified atom stereocenters. The molecule has 0 atom stereocenters. The summed E-state index contributed by atoms with van der Waals surface area (Å²) >= 11 is 5.88. The molecule has 2 rings (SSSR count). The third-order valence-corrected chi connectivity index (χ3v) is 3.67. The van der Waals surface area contributed by atoms with Crippen molar-refractivity contribution >= 4 is 38.5 Å². The molecule has 2 N–H and O–H groups in total. The second-order valence-corrected chi connectivity index (χ2v) is 5.35. The van der Waals surface area contributed by atoms with Gasteiger partial charge in [-0.05, 0) is 23.6 Å². The largest absolute Gasteiger partial charge is 0.478 e. The molecule has 0 aromatic heterocycles. The quantitative estimate of drug-likeness (QED) is 0.827. The minimum atomic E-state index is -4.47. The Hall–Kier alpha value is -1.63. The Labute approximate surface area is 107 Å². The van der Waals surface area contributed by atoms with Gasteiger partial charge in [0.15, 0.2) is 0 Å². The molecule has 0 aliphatic heterocycles. The average molecular weight is 287 g/mol. The predicted octanol–water partition coefficient (Wildman–Crippen LogP) is 2.44. The molecular formula is C11H7ClO5S. The molecule has 0 radical (unpaired) electrons. The fourth-order valence-electron chi connectivity index (χ4n) is 1.73. The minimum absolute atomic E-state index is 0.00145. The number of carboxylic acids is 1. The van der Waals surface area contributed by atoms with Gasteiger partial charge >= 0.3 is 5.97 Å². The van der Waals surface area contributed by atoms with Crippen LogP contribution < -0.4 is 0 Å². The lowest BCUT2D eigenvalue weighted by Gasteiger charge is -2.08. The van der Waals surface area contributed by atoms with Crippen molar-refractivity contribution in [3.8, 4) is 0 Å². The van der Waals surface area contributed by atoms with Gasteiger partial charge in [0.2, 0.25) is 0 Å². The normalized spacial score (nSPS) is 11.7. The maximum atomic E-state index is 11.2. The molecule has 0 saturated carbocycles. The van der Waals surface area contributed by atoms with E-state index in [-0.39, 0.29) is 21.4 Å².